The summed E-state index contributed by atoms with van der Waals surface area (Å²) < 4.78 is 25.9. The maximum atomic E-state index is 13.0. The Morgan fingerprint density at radius 2 is 1.71 bits per heavy atom. The van der Waals surface area contributed by atoms with Gasteiger partial charge in [-0.2, -0.15) is 0 Å². The van der Waals surface area contributed by atoms with Gasteiger partial charge in [-0.3, -0.25) is 14.1 Å². The number of fused-ring (bicyclic) bond motifs is 1. The molecule has 0 radical (unpaired) electrons. The second-order valence-electron chi connectivity index (χ2n) is 6.76. The summed E-state index contributed by atoms with van der Waals surface area (Å²) in [6.45, 7) is 1.94. The average Bonchev–Trinajstić information content (AvgIpc) is 2.67. The van der Waals surface area contributed by atoms with Crippen molar-refractivity contribution < 1.29 is 13.2 Å². The number of hydrogen-bond donors (Lipinski definition) is 0. The zero-order chi connectivity index (χ0) is 20.3. The highest BCUT2D eigenvalue weighted by Crippen LogP contribution is 2.22. The van der Waals surface area contributed by atoms with E-state index in [9.17, 15) is 13.2 Å². The molecule has 1 amide bonds. The van der Waals surface area contributed by atoms with Crippen LogP contribution in [0.5, 0.6) is 0 Å². The third-order valence-electron chi connectivity index (χ3n) is 4.58. The van der Waals surface area contributed by atoms with Crippen molar-refractivity contribution in [1.29, 1.82) is 0 Å². The van der Waals surface area contributed by atoms with Crippen molar-refractivity contribution in [3.8, 4) is 0 Å². The van der Waals surface area contributed by atoms with Gasteiger partial charge >= 0.3 is 0 Å². The van der Waals surface area contributed by atoms with E-state index in [0.29, 0.717) is 12.2 Å². The predicted molar refractivity (Wildman–Crippen MR) is 111 cm³/mol. The minimum atomic E-state index is -3.63. The third-order valence-corrected chi connectivity index (χ3v) is 5.82. The Balaban J connectivity index is 1.87. The van der Waals surface area contributed by atoms with Crippen molar-refractivity contribution in [3.63, 3.8) is 0 Å². The number of sulfonamides is 1. The number of likely N-dealkylation sites (N-methyl/N-ethyl adjacent to an activating group) is 1. The van der Waals surface area contributed by atoms with Crippen molar-refractivity contribution in [2.75, 3.05) is 17.6 Å². The molecule has 0 aliphatic heterocycles. The zero-order valence-electron chi connectivity index (χ0n) is 16.1. The molecule has 6 nitrogen and oxygen atoms in total. The molecule has 0 spiro atoms. The third kappa shape index (κ3) is 4.14. The van der Waals surface area contributed by atoms with Crippen LogP contribution in [0.15, 0.2) is 66.9 Å². The highest BCUT2D eigenvalue weighted by Gasteiger charge is 2.31. The monoisotopic (exact) mass is 397 g/mol. The Kier molecular flexibility index (Phi) is 5.65. The molecule has 28 heavy (non-hydrogen) atoms. The van der Waals surface area contributed by atoms with Gasteiger partial charge < -0.3 is 4.90 Å². The Morgan fingerprint density at radius 1 is 1.04 bits per heavy atom. The van der Waals surface area contributed by atoms with Crippen LogP contribution in [0.2, 0.25) is 0 Å². The maximum absolute atomic E-state index is 13.0. The first kappa shape index (κ1) is 19.8. The van der Waals surface area contributed by atoms with E-state index in [-0.39, 0.29) is 5.91 Å². The number of carbonyl (C=O) groups is 1. The molecule has 1 atom stereocenters. The molecule has 0 bridgehead atoms. The van der Waals surface area contributed by atoms with Crippen molar-refractivity contribution in [2.45, 2.75) is 19.5 Å². The molecule has 0 aliphatic carbocycles. The molecule has 0 saturated carbocycles. The summed E-state index contributed by atoms with van der Waals surface area (Å²) in [5.74, 6) is -0.290. The maximum Gasteiger partial charge on any atom is 0.246 e. The summed E-state index contributed by atoms with van der Waals surface area (Å²) in [5, 5.41) is 0.996. The van der Waals surface area contributed by atoms with Gasteiger partial charge in [0.05, 0.1) is 17.5 Å². The summed E-state index contributed by atoms with van der Waals surface area (Å²) in [5.41, 5.74) is 2.21. The molecular weight excluding hydrogens is 374 g/mol. The van der Waals surface area contributed by atoms with Gasteiger partial charge in [-0.05, 0) is 30.7 Å². The topological polar surface area (TPSA) is 70.6 Å². The van der Waals surface area contributed by atoms with Gasteiger partial charge in [0, 0.05) is 25.2 Å². The van der Waals surface area contributed by atoms with Gasteiger partial charge in [-0.1, -0.05) is 42.5 Å². The van der Waals surface area contributed by atoms with E-state index >= 15 is 0 Å². The number of amides is 1. The van der Waals surface area contributed by atoms with Gasteiger partial charge in [-0.15, -0.1) is 0 Å². The summed E-state index contributed by atoms with van der Waals surface area (Å²) in [4.78, 5) is 19.0. The van der Waals surface area contributed by atoms with Gasteiger partial charge in [0.2, 0.25) is 15.9 Å². The Hall–Kier alpha value is -2.93. The second-order valence-corrected chi connectivity index (χ2v) is 8.62. The summed E-state index contributed by atoms with van der Waals surface area (Å²) in [6.07, 6.45) is 2.83. The normalized spacial score (nSPS) is 12.5. The fourth-order valence-electron chi connectivity index (χ4n) is 3.32. The molecule has 0 N–H and O–H groups in total. The van der Waals surface area contributed by atoms with Crippen LogP contribution in [-0.2, 0) is 21.4 Å². The molecule has 2 aromatic carbocycles. The zero-order valence-corrected chi connectivity index (χ0v) is 16.9. The largest absolute Gasteiger partial charge is 0.340 e. The fraction of sp³-hybridized carbons (Fsp3) is 0.238. The van der Waals surface area contributed by atoms with E-state index in [0.717, 1.165) is 27.0 Å². The van der Waals surface area contributed by atoms with Crippen molar-refractivity contribution in [1.82, 2.24) is 9.88 Å². The van der Waals surface area contributed by atoms with Crippen LogP contribution in [0.1, 0.15) is 12.5 Å². The van der Waals surface area contributed by atoms with Crippen molar-refractivity contribution in [3.05, 3.63) is 72.4 Å². The first-order valence-electron chi connectivity index (χ1n) is 8.91. The van der Waals surface area contributed by atoms with Gasteiger partial charge in [0.25, 0.3) is 0 Å². The molecule has 146 valence electrons. The van der Waals surface area contributed by atoms with Gasteiger partial charge in [0.15, 0.2) is 0 Å². The molecule has 7 heteroatoms. The SMILES string of the molecule is CC(C(=O)N(C)Cc1cccc2cccnc12)N(c1ccccc1)S(C)(=O)=O. The molecule has 0 aliphatic rings. The van der Waals surface area contributed by atoms with Crippen LogP contribution in [0.3, 0.4) is 0 Å². The smallest absolute Gasteiger partial charge is 0.246 e. The van der Waals surface area contributed by atoms with Crippen LogP contribution in [0.4, 0.5) is 5.69 Å². The van der Waals surface area contributed by atoms with E-state index in [1.54, 1.807) is 50.5 Å². The highest BCUT2D eigenvalue weighted by atomic mass is 32.2. The lowest BCUT2D eigenvalue weighted by Crippen LogP contribution is -2.48. The van der Waals surface area contributed by atoms with Crippen molar-refractivity contribution >= 4 is 32.5 Å². The quantitative estimate of drug-likeness (QED) is 0.641. The molecule has 0 fully saturated rings. The Bertz CT molecular complexity index is 1080. The number of pyridine rings is 1. The first-order valence-corrected chi connectivity index (χ1v) is 10.8. The lowest BCUT2D eigenvalue weighted by atomic mass is 10.1. The number of anilines is 1. The molecular formula is C21H23N3O3S. The van der Waals surface area contributed by atoms with E-state index in [1.807, 2.05) is 30.3 Å². The average molecular weight is 398 g/mol. The van der Waals surface area contributed by atoms with Crippen LogP contribution in [0, 0.1) is 0 Å². The Labute approximate surface area is 165 Å². The number of carbonyl (C=O) groups excluding carboxylic acids is 1. The highest BCUT2D eigenvalue weighted by molar-refractivity contribution is 7.92. The number of hydrogen-bond acceptors (Lipinski definition) is 4. The standard InChI is InChI=1S/C21H23N3O3S/c1-16(24(28(3,26)27)19-12-5-4-6-13-19)21(25)23(2)15-18-10-7-9-17-11-8-14-22-20(17)18/h4-14,16H,15H2,1-3H3. The first-order chi connectivity index (χ1) is 13.3. The van der Waals surface area contributed by atoms with Crippen LogP contribution >= 0.6 is 0 Å². The van der Waals surface area contributed by atoms with E-state index in [4.69, 9.17) is 0 Å². The van der Waals surface area contributed by atoms with Crippen LogP contribution in [0.25, 0.3) is 10.9 Å². The second kappa shape index (κ2) is 7.98. The lowest BCUT2D eigenvalue weighted by Gasteiger charge is -2.31. The number of aromatic nitrogens is 1. The molecule has 0 saturated heterocycles. The fourth-order valence-corrected chi connectivity index (χ4v) is 4.49. The molecule has 3 aromatic rings. The summed E-state index contributed by atoms with van der Waals surface area (Å²) in [6, 6.07) is 17.4. The predicted octanol–water partition coefficient (Wildman–Crippen LogP) is 3.05. The van der Waals surface area contributed by atoms with Crippen LogP contribution in [-0.4, -0.2) is 43.6 Å². The Morgan fingerprint density at radius 3 is 2.39 bits per heavy atom. The van der Waals surface area contributed by atoms with Crippen molar-refractivity contribution in [2.24, 2.45) is 0 Å². The van der Waals surface area contributed by atoms with E-state index in [2.05, 4.69) is 4.98 Å². The number of benzene rings is 2. The molecule has 1 aromatic heterocycles. The number of nitrogens with zero attached hydrogens (tertiary/aromatic N) is 3. The molecule has 1 unspecified atom stereocenters. The van der Waals surface area contributed by atoms with Gasteiger partial charge in [0.1, 0.15) is 6.04 Å². The lowest BCUT2D eigenvalue weighted by molar-refractivity contribution is -0.131. The number of rotatable bonds is 6. The molecule has 3 rings (SSSR count). The van der Waals surface area contributed by atoms with Crippen LogP contribution < -0.4 is 4.31 Å². The minimum absolute atomic E-state index is 0.290. The van der Waals surface area contributed by atoms with E-state index in [1.165, 1.54) is 4.90 Å². The summed E-state index contributed by atoms with van der Waals surface area (Å²) >= 11 is 0. The summed E-state index contributed by atoms with van der Waals surface area (Å²) in [7, 11) is -1.96. The number of para-hydroxylation sites is 2. The van der Waals surface area contributed by atoms with E-state index < -0.39 is 16.1 Å². The molecule has 1 heterocycles. The minimum Gasteiger partial charge on any atom is -0.340 e. The van der Waals surface area contributed by atoms with Gasteiger partial charge in [-0.25, -0.2) is 8.42 Å².